The van der Waals surface area contributed by atoms with E-state index in [1.54, 1.807) is 12.1 Å². The van der Waals surface area contributed by atoms with Gasteiger partial charge in [-0.25, -0.2) is 13.9 Å². The third kappa shape index (κ3) is 5.90. The first-order valence-electron chi connectivity index (χ1n) is 13.7. The van der Waals surface area contributed by atoms with E-state index in [9.17, 15) is 28.0 Å². The molecule has 2 atom stereocenters. The van der Waals surface area contributed by atoms with Crippen LogP contribution in [0, 0.1) is 17.8 Å². The Labute approximate surface area is 235 Å². The van der Waals surface area contributed by atoms with Crippen molar-refractivity contribution in [2.45, 2.75) is 55.6 Å². The Kier molecular flexibility index (Phi) is 9.12. The van der Waals surface area contributed by atoms with Gasteiger partial charge in [0.25, 0.3) is 5.91 Å². The molecule has 0 radical (unpaired) electrons. The maximum absolute atomic E-state index is 13.7. The van der Waals surface area contributed by atoms with Crippen LogP contribution in [0.1, 0.15) is 46.0 Å². The first kappa shape index (κ1) is 29.6. The van der Waals surface area contributed by atoms with Gasteiger partial charge in [-0.3, -0.25) is 19.6 Å². The van der Waals surface area contributed by atoms with Crippen molar-refractivity contribution >= 4 is 44.8 Å². The van der Waals surface area contributed by atoms with Crippen LogP contribution in [0.2, 0.25) is 0 Å². The Morgan fingerprint density at radius 2 is 1.54 bits per heavy atom. The van der Waals surface area contributed by atoms with Gasteiger partial charge >= 0.3 is 0 Å². The lowest BCUT2D eigenvalue weighted by atomic mass is 9.89. The predicted molar refractivity (Wildman–Crippen MR) is 147 cm³/mol. The molecule has 0 aliphatic carbocycles. The van der Waals surface area contributed by atoms with Crippen molar-refractivity contribution < 1.29 is 28.0 Å². The molecule has 1 aromatic carbocycles. The predicted octanol–water partition coefficient (Wildman–Crippen LogP) is 2.29. The van der Waals surface area contributed by atoms with Crippen LogP contribution in [0.3, 0.4) is 0 Å². The van der Waals surface area contributed by atoms with Gasteiger partial charge in [-0.2, -0.15) is 0 Å². The van der Waals surface area contributed by atoms with Crippen molar-refractivity contribution in [3.63, 3.8) is 0 Å². The van der Waals surface area contributed by atoms with Gasteiger partial charge in [0.15, 0.2) is 14.6 Å². The van der Waals surface area contributed by atoms with Crippen molar-refractivity contribution in [1.82, 2.24) is 15.3 Å². The van der Waals surface area contributed by atoms with Crippen molar-refractivity contribution in [2.24, 2.45) is 17.8 Å². The number of hydrogen-bond acceptors (Lipinski definition) is 7. The number of benzene rings is 1. The molecule has 0 aromatic heterocycles. The van der Waals surface area contributed by atoms with Gasteiger partial charge in [0.05, 0.1) is 4.90 Å². The Balaban J connectivity index is 1.42. The smallest absolute Gasteiger partial charge is 0.265 e. The summed E-state index contributed by atoms with van der Waals surface area (Å²) in [6.07, 6.45) is 2.35. The van der Waals surface area contributed by atoms with E-state index >= 15 is 0 Å². The topological polar surface area (TPSA) is 127 Å². The normalized spacial score (nSPS) is 24.4. The molecule has 4 rings (SSSR count). The molecule has 0 saturated carbocycles. The number of amides is 3. The van der Waals surface area contributed by atoms with Gasteiger partial charge in [-0.1, -0.05) is 13.8 Å². The fraction of sp³-hybridized carbons (Fsp3) is 0.667. The standard InChI is InChI=1S/C27H39ClN4O6S/c1-19-15-20(2)18-32(17-19)25(34)21-7-11-30(12-8-21)22-3-5-23(6-4-22)39(37,38)27(26(35)29-36)9-13-31(14-10-27)24(33)16-28/h3-6,19-21,36H,7-18H2,1-2H3,(H,29,35)/t19-,20+. The Bertz CT molecular complexity index is 1150. The maximum atomic E-state index is 13.7. The average molecular weight is 583 g/mol. The zero-order valence-electron chi connectivity index (χ0n) is 22.6. The number of nitrogens with one attached hydrogen (secondary N) is 1. The fourth-order valence-electron chi connectivity index (χ4n) is 6.47. The Hall–Kier alpha value is -2.37. The molecular weight excluding hydrogens is 544 g/mol. The summed E-state index contributed by atoms with van der Waals surface area (Å²) < 4.78 is 25.5. The van der Waals surface area contributed by atoms with Crippen LogP contribution in [-0.2, 0) is 24.2 Å². The molecule has 0 unspecified atom stereocenters. The third-order valence-corrected chi connectivity index (χ3v) is 11.3. The largest absolute Gasteiger partial charge is 0.371 e. The lowest BCUT2D eigenvalue weighted by Crippen LogP contribution is -2.58. The Morgan fingerprint density at radius 1 is 0.974 bits per heavy atom. The number of likely N-dealkylation sites (tertiary alicyclic amines) is 2. The number of nitrogens with zero attached hydrogens (tertiary/aromatic N) is 3. The van der Waals surface area contributed by atoms with Crippen molar-refractivity contribution in [2.75, 3.05) is 50.0 Å². The van der Waals surface area contributed by atoms with Gasteiger partial charge in [-0.15, -0.1) is 11.6 Å². The van der Waals surface area contributed by atoms with Crippen LogP contribution >= 0.6 is 11.6 Å². The summed E-state index contributed by atoms with van der Waals surface area (Å²) >= 11 is 5.63. The second-order valence-corrected chi connectivity index (χ2v) is 13.9. The minimum absolute atomic E-state index is 0.00630. The molecule has 3 saturated heterocycles. The molecule has 216 valence electrons. The summed E-state index contributed by atoms with van der Waals surface area (Å²) in [5.41, 5.74) is 2.38. The van der Waals surface area contributed by atoms with E-state index in [2.05, 4.69) is 18.7 Å². The molecule has 3 aliphatic rings. The van der Waals surface area contributed by atoms with Gasteiger partial charge in [0.2, 0.25) is 11.8 Å². The summed E-state index contributed by atoms with van der Waals surface area (Å²) in [6.45, 7) is 7.54. The van der Waals surface area contributed by atoms with Gasteiger partial charge in [0, 0.05) is 50.9 Å². The van der Waals surface area contributed by atoms with E-state index < -0.39 is 20.5 Å². The molecule has 2 N–H and O–H groups in total. The van der Waals surface area contributed by atoms with E-state index in [1.165, 1.54) is 22.5 Å². The number of carbonyl (C=O) groups is 3. The molecule has 12 heteroatoms. The minimum Gasteiger partial charge on any atom is -0.371 e. The van der Waals surface area contributed by atoms with Gasteiger partial charge in [-0.05, 0) is 68.2 Å². The summed E-state index contributed by atoms with van der Waals surface area (Å²) in [5, 5.41) is 9.37. The summed E-state index contributed by atoms with van der Waals surface area (Å²) in [7, 11) is -4.19. The highest BCUT2D eigenvalue weighted by atomic mass is 35.5. The molecule has 3 fully saturated rings. The zero-order valence-corrected chi connectivity index (χ0v) is 24.2. The van der Waals surface area contributed by atoms with Crippen LogP contribution in [0.25, 0.3) is 0 Å². The van der Waals surface area contributed by atoms with E-state index in [-0.39, 0.29) is 54.4 Å². The molecule has 0 bridgehead atoms. The number of alkyl halides is 1. The third-order valence-electron chi connectivity index (χ3n) is 8.60. The molecule has 3 amide bonds. The van der Waals surface area contributed by atoms with E-state index in [4.69, 9.17) is 11.6 Å². The van der Waals surface area contributed by atoms with Crippen LogP contribution in [0.4, 0.5) is 5.69 Å². The van der Waals surface area contributed by atoms with Gasteiger partial charge in [0.1, 0.15) is 5.88 Å². The summed E-state index contributed by atoms with van der Waals surface area (Å²) in [4.78, 5) is 43.4. The van der Waals surface area contributed by atoms with E-state index in [1.807, 2.05) is 4.90 Å². The molecule has 1 aromatic rings. The first-order valence-corrected chi connectivity index (χ1v) is 15.7. The molecular formula is C27H39ClN4O6S. The molecule has 3 heterocycles. The maximum Gasteiger partial charge on any atom is 0.265 e. The highest BCUT2D eigenvalue weighted by Crippen LogP contribution is 2.37. The lowest BCUT2D eigenvalue weighted by Gasteiger charge is -2.40. The number of piperidine rings is 3. The lowest BCUT2D eigenvalue weighted by molar-refractivity contribution is -0.139. The van der Waals surface area contributed by atoms with Crippen LogP contribution < -0.4 is 10.4 Å². The number of hydroxylamine groups is 1. The first-order chi connectivity index (χ1) is 18.5. The highest BCUT2D eigenvalue weighted by Gasteiger charge is 2.53. The van der Waals surface area contributed by atoms with Gasteiger partial charge < -0.3 is 14.7 Å². The number of anilines is 1. The number of sulfone groups is 1. The van der Waals surface area contributed by atoms with Crippen LogP contribution in [0.15, 0.2) is 29.2 Å². The highest BCUT2D eigenvalue weighted by molar-refractivity contribution is 7.93. The monoisotopic (exact) mass is 582 g/mol. The molecule has 39 heavy (non-hydrogen) atoms. The fourth-order valence-corrected chi connectivity index (χ4v) is 8.59. The number of hydrogen-bond donors (Lipinski definition) is 2. The van der Waals surface area contributed by atoms with Crippen molar-refractivity contribution in [3.05, 3.63) is 24.3 Å². The molecule has 3 aliphatic heterocycles. The average Bonchev–Trinajstić information content (AvgIpc) is 2.95. The van der Waals surface area contributed by atoms with Crippen molar-refractivity contribution in [1.29, 1.82) is 0 Å². The SMILES string of the molecule is C[C@@H]1C[C@H](C)CN(C(=O)C2CCN(c3ccc(S(=O)(=O)C4(C(=O)NO)CCN(C(=O)CCl)CC4)cc3)CC2)C1. The second kappa shape index (κ2) is 12.0. The second-order valence-electron chi connectivity index (χ2n) is 11.4. The number of rotatable bonds is 6. The van der Waals surface area contributed by atoms with E-state index in [0.29, 0.717) is 24.9 Å². The molecule has 0 spiro atoms. The van der Waals surface area contributed by atoms with E-state index in [0.717, 1.165) is 38.0 Å². The zero-order chi connectivity index (χ0) is 28.4. The van der Waals surface area contributed by atoms with Crippen molar-refractivity contribution in [3.8, 4) is 0 Å². The molecule has 10 nitrogen and oxygen atoms in total. The number of halogens is 1. The van der Waals surface area contributed by atoms with Crippen LogP contribution in [-0.4, -0.2) is 91.0 Å². The van der Waals surface area contributed by atoms with Crippen LogP contribution in [0.5, 0.6) is 0 Å². The number of carbonyl (C=O) groups excluding carboxylic acids is 3. The summed E-state index contributed by atoms with van der Waals surface area (Å²) in [5.74, 6) is -0.259. The quantitative estimate of drug-likeness (QED) is 0.299. The summed E-state index contributed by atoms with van der Waals surface area (Å²) in [6, 6.07) is 6.42. The minimum atomic E-state index is -4.19. The Morgan fingerprint density at radius 3 is 2.05 bits per heavy atom.